The summed E-state index contributed by atoms with van der Waals surface area (Å²) in [5, 5.41) is 11.2. The van der Waals surface area contributed by atoms with Crippen molar-refractivity contribution in [2.75, 3.05) is 6.61 Å². The molecule has 0 bridgehead atoms. The normalized spacial score (nSPS) is 12.6. The Morgan fingerprint density at radius 2 is 1.90 bits per heavy atom. The zero-order valence-electron chi connectivity index (χ0n) is 11.8. The highest BCUT2D eigenvalue weighted by Gasteiger charge is 2.24. The van der Waals surface area contributed by atoms with Crippen molar-refractivity contribution in [3.8, 4) is 0 Å². The summed E-state index contributed by atoms with van der Waals surface area (Å²) in [5.41, 5.74) is -0.653. The van der Waals surface area contributed by atoms with Gasteiger partial charge in [-0.05, 0) is 44.7 Å². The Bertz CT molecular complexity index is 456. The van der Waals surface area contributed by atoms with Gasteiger partial charge in [0.25, 0.3) is 0 Å². The lowest BCUT2D eigenvalue weighted by Gasteiger charge is -2.22. The van der Waals surface area contributed by atoms with Gasteiger partial charge in [-0.15, -0.1) is 0 Å². The van der Waals surface area contributed by atoms with E-state index in [0.29, 0.717) is 0 Å². The molecule has 5 nitrogen and oxygen atoms in total. The van der Waals surface area contributed by atoms with Crippen LogP contribution in [0.1, 0.15) is 20.8 Å². The number of amides is 1. The molecular formula is C14H19NO4S. The fraction of sp³-hybridized carbons (Fsp3) is 0.429. The van der Waals surface area contributed by atoms with Crippen LogP contribution in [-0.4, -0.2) is 34.6 Å². The predicted octanol–water partition coefficient (Wildman–Crippen LogP) is 2.19. The van der Waals surface area contributed by atoms with Crippen molar-refractivity contribution in [1.29, 1.82) is 0 Å². The third-order valence-corrected chi connectivity index (χ3v) is 3.11. The fourth-order valence-electron chi connectivity index (χ4n) is 1.30. The Morgan fingerprint density at radius 3 is 2.40 bits per heavy atom. The summed E-state index contributed by atoms with van der Waals surface area (Å²) >= 11 is 0.967. The lowest BCUT2D eigenvalue weighted by Crippen LogP contribution is -2.44. The smallest absolute Gasteiger partial charge is 0.408 e. The topological polar surface area (TPSA) is 75.6 Å². The third-order valence-electron chi connectivity index (χ3n) is 2.12. The lowest BCUT2D eigenvalue weighted by molar-refractivity contribution is -0.113. The molecule has 20 heavy (non-hydrogen) atoms. The molecule has 1 aromatic rings. The molecule has 0 aliphatic heterocycles. The standard InChI is InChI=1S/C14H19NO4S/c1-14(2,3)19-13(18)15-11(9-16)12(17)20-10-7-5-4-6-8-10/h4-8,11,16H,9H2,1-3H3,(H,15,18)/t11-/m0/s1. The lowest BCUT2D eigenvalue weighted by atomic mass is 10.2. The summed E-state index contributed by atoms with van der Waals surface area (Å²) in [6.07, 6.45) is -0.724. The minimum Gasteiger partial charge on any atom is -0.444 e. The van der Waals surface area contributed by atoms with Gasteiger partial charge in [0.1, 0.15) is 11.6 Å². The molecule has 0 aliphatic carbocycles. The predicted molar refractivity (Wildman–Crippen MR) is 77.5 cm³/mol. The molecule has 0 aromatic heterocycles. The first-order chi connectivity index (χ1) is 9.31. The molecule has 0 unspecified atom stereocenters. The fourth-order valence-corrected chi connectivity index (χ4v) is 2.11. The number of hydrogen-bond donors (Lipinski definition) is 2. The van der Waals surface area contributed by atoms with Gasteiger partial charge in [0.2, 0.25) is 5.12 Å². The monoisotopic (exact) mass is 297 g/mol. The molecule has 0 radical (unpaired) electrons. The number of benzene rings is 1. The summed E-state index contributed by atoms with van der Waals surface area (Å²) in [5.74, 6) is 0. The SMILES string of the molecule is CC(C)(C)OC(=O)N[C@@H](CO)C(=O)Sc1ccccc1. The van der Waals surface area contributed by atoms with E-state index in [2.05, 4.69) is 5.32 Å². The van der Waals surface area contributed by atoms with E-state index in [1.165, 1.54) is 0 Å². The summed E-state index contributed by atoms with van der Waals surface area (Å²) < 4.78 is 5.05. The van der Waals surface area contributed by atoms with Crippen LogP contribution in [0.25, 0.3) is 0 Å². The first-order valence-electron chi connectivity index (χ1n) is 6.19. The highest BCUT2D eigenvalue weighted by molar-refractivity contribution is 8.13. The number of carbonyl (C=O) groups is 2. The van der Waals surface area contributed by atoms with E-state index in [1.807, 2.05) is 18.2 Å². The molecule has 2 N–H and O–H groups in total. The quantitative estimate of drug-likeness (QED) is 0.833. The van der Waals surface area contributed by atoms with Crippen molar-refractivity contribution in [1.82, 2.24) is 5.32 Å². The average molecular weight is 297 g/mol. The van der Waals surface area contributed by atoms with Gasteiger partial charge in [0, 0.05) is 4.90 Å². The molecule has 110 valence electrons. The van der Waals surface area contributed by atoms with Gasteiger partial charge in [-0.3, -0.25) is 4.79 Å². The van der Waals surface area contributed by atoms with Crippen LogP contribution in [0.4, 0.5) is 4.79 Å². The minimum atomic E-state index is -0.991. The molecular weight excluding hydrogens is 278 g/mol. The van der Waals surface area contributed by atoms with Gasteiger partial charge in [-0.25, -0.2) is 4.79 Å². The molecule has 1 amide bonds. The second kappa shape index (κ2) is 7.31. The van der Waals surface area contributed by atoms with E-state index < -0.39 is 24.3 Å². The zero-order valence-corrected chi connectivity index (χ0v) is 12.6. The van der Waals surface area contributed by atoms with Crippen molar-refractivity contribution in [3.05, 3.63) is 30.3 Å². The number of nitrogens with one attached hydrogen (secondary N) is 1. The van der Waals surface area contributed by atoms with Crippen LogP contribution >= 0.6 is 11.8 Å². The van der Waals surface area contributed by atoms with Crippen molar-refractivity contribution in [2.24, 2.45) is 0 Å². The van der Waals surface area contributed by atoms with Crippen LogP contribution in [0.2, 0.25) is 0 Å². The first-order valence-corrected chi connectivity index (χ1v) is 7.00. The van der Waals surface area contributed by atoms with Gasteiger partial charge < -0.3 is 15.2 Å². The number of aliphatic hydroxyl groups excluding tert-OH is 1. The Morgan fingerprint density at radius 1 is 1.30 bits per heavy atom. The Labute approximate surface area is 122 Å². The molecule has 0 aliphatic rings. The van der Waals surface area contributed by atoms with Crippen molar-refractivity contribution in [3.63, 3.8) is 0 Å². The van der Waals surface area contributed by atoms with E-state index in [9.17, 15) is 14.7 Å². The maximum atomic E-state index is 12.0. The van der Waals surface area contributed by atoms with Crippen LogP contribution in [0.3, 0.4) is 0 Å². The highest BCUT2D eigenvalue weighted by atomic mass is 32.2. The molecule has 0 saturated heterocycles. The molecule has 0 spiro atoms. The molecule has 1 atom stereocenters. The van der Waals surface area contributed by atoms with E-state index in [0.717, 1.165) is 16.7 Å². The van der Waals surface area contributed by atoms with E-state index in [4.69, 9.17) is 4.74 Å². The second-order valence-corrected chi connectivity index (χ2v) is 6.19. The van der Waals surface area contributed by atoms with Crippen LogP contribution in [0.15, 0.2) is 35.2 Å². The minimum absolute atomic E-state index is 0.343. The van der Waals surface area contributed by atoms with Gasteiger partial charge >= 0.3 is 6.09 Å². The number of aliphatic hydroxyl groups is 1. The summed E-state index contributed by atoms with van der Waals surface area (Å²) in [7, 11) is 0. The van der Waals surface area contributed by atoms with Gasteiger partial charge in [0.05, 0.1) is 6.61 Å². The number of thioether (sulfide) groups is 1. The second-order valence-electron chi connectivity index (χ2n) is 5.12. The largest absolute Gasteiger partial charge is 0.444 e. The number of carbonyl (C=O) groups excluding carboxylic acids is 2. The van der Waals surface area contributed by atoms with Crippen molar-refractivity contribution < 1.29 is 19.4 Å². The average Bonchev–Trinajstić information content (AvgIpc) is 2.35. The molecule has 1 rings (SSSR count). The highest BCUT2D eigenvalue weighted by Crippen LogP contribution is 2.19. The van der Waals surface area contributed by atoms with Gasteiger partial charge in [-0.2, -0.15) is 0 Å². The Hall–Kier alpha value is -1.53. The van der Waals surface area contributed by atoms with Crippen LogP contribution in [0.5, 0.6) is 0 Å². The number of alkyl carbamates (subject to hydrolysis) is 1. The van der Waals surface area contributed by atoms with Crippen molar-refractivity contribution in [2.45, 2.75) is 37.3 Å². The third kappa shape index (κ3) is 6.08. The van der Waals surface area contributed by atoms with Crippen molar-refractivity contribution >= 4 is 23.0 Å². The van der Waals surface area contributed by atoms with E-state index >= 15 is 0 Å². The number of ether oxygens (including phenoxy) is 1. The summed E-state index contributed by atoms with van der Waals surface area (Å²) in [6.45, 7) is 4.70. The molecule has 0 heterocycles. The molecule has 0 saturated carbocycles. The van der Waals surface area contributed by atoms with Crippen LogP contribution in [-0.2, 0) is 9.53 Å². The number of hydrogen-bond acceptors (Lipinski definition) is 5. The van der Waals surface area contributed by atoms with E-state index in [-0.39, 0.29) is 5.12 Å². The van der Waals surface area contributed by atoms with Crippen LogP contribution < -0.4 is 5.32 Å². The Balaban J connectivity index is 2.57. The first kappa shape index (κ1) is 16.5. The maximum Gasteiger partial charge on any atom is 0.408 e. The number of rotatable bonds is 4. The zero-order chi connectivity index (χ0) is 15.2. The maximum absolute atomic E-state index is 12.0. The van der Waals surface area contributed by atoms with Gasteiger partial charge in [-0.1, -0.05) is 18.2 Å². The summed E-state index contributed by atoms with van der Waals surface area (Å²) in [4.78, 5) is 24.3. The van der Waals surface area contributed by atoms with Gasteiger partial charge in [0.15, 0.2) is 0 Å². The van der Waals surface area contributed by atoms with Crippen LogP contribution in [0, 0.1) is 0 Å². The Kier molecular flexibility index (Phi) is 6.04. The molecule has 1 aromatic carbocycles. The molecule has 6 heteroatoms. The summed E-state index contributed by atoms with van der Waals surface area (Å²) in [6, 6.07) is 8.04. The molecule has 0 fully saturated rings. The van der Waals surface area contributed by atoms with E-state index in [1.54, 1.807) is 32.9 Å².